The molecule has 3 heterocycles. The van der Waals surface area contributed by atoms with Crippen molar-refractivity contribution in [1.82, 2.24) is 14.9 Å². The van der Waals surface area contributed by atoms with Gasteiger partial charge in [0.2, 0.25) is 5.89 Å². The Morgan fingerprint density at radius 1 is 1.00 bits per heavy atom. The van der Waals surface area contributed by atoms with Crippen LogP contribution in [0.1, 0.15) is 50.4 Å². The quantitative estimate of drug-likeness (QED) is 0.353. The van der Waals surface area contributed by atoms with Gasteiger partial charge < -0.3 is 9.32 Å². The number of nitrogens with zero attached hydrogens (tertiary/aromatic N) is 4. The molecule has 2 aromatic heterocycles. The average Bonchev–Trinajstić information content (AvgIpc) is 3.22. The maximum atomic E-state index is 12.8. The van der Waals surface area contributed by atoms with Crippen molar-refractivity contribution in [2.45, 2.75) is 39.2 Å². The van der Waals surface area contributed by atoms with Crippen LogP contribution in [0.15, 0.2) is 71.5 Å². The van der Waals surface area contributed by atoms with Crippen LogP contribution < -0.4 is 4.90 Å². The van der Waals surface area contributed by atoms with Gasteiger partial charge in [0.1, 0.15) is 18.0 Å². The first-order chi connectivity index (χ1) is 17.0. The van der Waals surface area contributed by atoms with E-state index in [9.17, 15) is 4.79 Å². The molecule has 5 rings (SSSR count). The topological polar surface area (TPSA) is 62.5 Å². The second-order valence-electron chi connectivity index (χ2n) is 9.60. The van der Waals surface area contributed by atoms with Crippen LogP contribution in [-0.2, 0) is 4.79 Å². The van der Waals surface area contributed by atoms with Gasteiger partial charge in [-0.2, -0.15) is 0 Å². The summed E-state index contributed by atoms with van der Waals surface area (Å²) in [5, 5.41) is 1.17. The van der Waals surface area contributed by atoms with E-state index in [1.807, 2.05) is 42.6 Å². The van der Waals surface area contributed by atoms with Crippen LogP contribution in [0.25, 0.3) is 22.4 Å². The van der Waals surface area contributed by atoms with Crippen molar-refractivity contribution in [2.24, 2.45) is 0 Å². The van der Waals surface area contributed by atoms with Crippen LogP contribution >= 0.6 is 0 Å². The lowest BCUT2D eigenvalue weighted by molar-refractivity contribution is -0.122. The van der Waals surface area contributed by atoms with E-state index in [-0.39, 0.29) is 5.78 Å². The summed E-state index contributed by atoms with van der Waals surface area (Å²) in [5.74, 6) is 1.07. The van der Waals surface area contributed by atoms with Gasteiger partial charge in [-0.05, 0) is 55.2 Å². The van der Waals surface area contributed by atoms with Crippen molar-refractivity contribution in [1.29, 1.82) is 0 Å². The largest absolute Gasteiger partial charge is 0.444 e. The van der Waals surface area contributed by atoms with Crippen molar-refractivity contribution in [3.8, 4) is 11.5 Å². The normalized spacial score (nSPS) is 15.9. The van der Waals surface area contributed by atoms with Gasteiger partial charge in [-0.3, -0.25) is 14.7 Å². The van der Waals surface area contributed by atoms with Gasteiger partial charge >= 0.3 is 0 Å². The smallest absolute Gasteiger partial charge is 0.226 e. The summed E-state index contributed by atoms with van der Waals surface area (Å²) in [5.41, 5.74) is 5.13. The molecule has 1 aliphatic rings. The molecule has 0 spiro atoms. The molecular formula is C29H32N4O2. The summed E-state index contributed by atoms with van der Waals surface area (Å²) in [4.78, 5) is 26.9. The van der Waals surface area contributed by atoms with Gasteiger partial charge in [0, 0.05) is 43.3 Å². The second-order valence-corrected chi connectivity index (χ2v) is 9.60. The predicted octanol–water partition coefficient (Wildman–Crippen LogP) is 5.86. The van der Waals surface area contributed by atoms with Crippen molar-refractivity contribution in [2.75, 3.05) is 31.1 Å². The number of fused-ring (bicyclic) bond motifs is 1. The van der Waals surface area contributed by atoms with E-state index in [1.54, 1.807) is 13.2 Å². The molecule has 0 radical (unpaired) electrons. The highest BCUT2D eigenvalue weighted by atomic mass is 16.3. The van der Waals surface area contributed by atoms with Crippen molar-refractivity contribution >= 4 is 22.4 Å². The lowest BCUT2D eigenvalue weighted by Gasteiger charge is -2.28. The molecule has 6 nitrogen and oxygen atoms in total. The monoisotopic (exact) mass is 468 g/mol. The van der Waals surface area contributed by atoms with E-state index in [2.05, 4.69) is 41.8 Å². The third-order valence-electron chi connectivity index (χ3n) is 6.82. The minimum absolute atomic E-state index is 0.0836. The van der Waals surface area contributed by atoms with Crippen molar-refractivity contribution < 1.29 is 9.21 Å². The highest BCUT2D eigenvalue weighted by molar-refractivity contribution is 5.91. The molecule has 6 heteroatoms. The Morgan fingerprint density at radius 3 is 2.60 bits per heavy atom. The van der Waals surface area contributed by atoms with Gasteiger partial charge in [0.05, 0.1) is 11.2 Å². The summed E-state index contributed by atoms with van der Waals surface area (Å²) in [6.07, 6.45) is 4.46. The molecule has 0 amide bonds. The highest BCUT2D eigenvalue weighted by Crippen LogP contribution is 2.32. The maximum Gasteiger partial charge on any atom is 0.226 e. The highest BCUT2D eigenvalue weighted by Gasteiger charge is 2.30. The molecule has 0 bridgehead atoms. The summed E-state index contributed by atoms with van der Waals surface area (Å²) >= 11 is 0. The molecule has 1 unspecified atom stereocenters. The zero-order valence-electron chi connectivity index (χ0n) is 20.6. The molecule has 2 aromatic carbocycles. The first-order valence-corrected chi connectivity index (χ1v) is 12.4. The molecule has 0 N–H and O–H groups in total. The fourth-order valence-electron chi connectivity index (χ4n) is 4.98. The van der Waals surface area contributed by atoms with E-state index in [0.29, 0.717) is 17.5 Å². The summed E-state index contributed by atoms with van der Waals surface area (Å²) in [6.45, 7) is 9.42. The number of hydrogen-bond donors (Lipinski definition) is 0. The van der Waals surface area contributed by atoms with E-state index in [1.165, 1.54) is 16.6 Å². The average molecular weight is 469 g/mol. The van der Waals surface area contributed by atoms with E-state index in [4.69, 9.17) is 14.4 Å². The van der Waals surface area contributed by atoms with Crippen LogP contribution in [0.4, 0.5) is 5.69 Å². The molecule has 35 heavy (non-hydrogen) atoms. The summed E-state index contributed by atoms with van der Waals surface area (Å²) < 4.78 is 5.77. The number of oxazole rings is 1. The number of Topliss-reactive ketones (excluding diaryl/α,β-unsaturated/α-hetero) is 1. The number of pyridine rings is 1. The Morgan fingerprint density at radius 2 is 1.83 bits per heavy atom. The first kappa shape index (κ1) is 23.2. The lowest BCUT2D eigenvalue weighted by atomic mass is 9.99. The van der Waals surface area contributed by atoms with Gasteiger partial charge in [0.25, 0.3) is 0 Å². The standard InChI is InChI=1S/C29H32N4O2/c1-20(2)24-17-23-11-7-12-30-27(23)26(18-24)32-13-8-14-33(16-15-32)28(21(3)34)25-19-35-29(31-25)22-9-5-4-6-10-22/h4-7,9-12,17-20,28H,8,13-16H2,1-3H3. The predicted molar refractivity (Wildman–Crippen MR) is 140 cm³/mol. The minimum Gasteiger partial charge on any atom is -0.444 e. The Kier molecular flexibility index (Phi) is 6.64. The summed E-state index contributed by atoms with van der Waals surface area (Å²) in [7, 11) is 0. The fourth-order valence-corrected chi connectivity index (χ4v) is 4.98. The third kappa shape index (κ3) is 4.84. The molecule has 1 saturated heterocycles. The van der Waals surface area contributed by atoms with Crippen LogP contribution in [0, 0.1) is 0 Å². The van der Waals surface area contributed by atoms with E-state index >= 15 is 0 Å². The molecule has 180 valence electrons. The SMILES string of the molecule is CC(=O)C(c1coc(-c2ccccc2)n1)N1CCCN(c2cc(C(C)C)cc3cccnc23)CC1. The Balaban J connectivity index is 1.40. The number of ketones is 1. The fraction of sp³-hybridized carbons (Fsp3) is 0.345. The first-order valence-electron chi connectivity index (χ1n) is 12.4. The molecule has 1 fully saturated rings. The maximum absolute atomic E-state index is 12.8. The number of carbonyl (C=O) groups excluding carboxylic acids is 1. The number of carbonyl (C=O) groups is 1. The molecule has 0 aliphatic carbocycles. The molecular weight excluding hydrogens is 436 g/mol. The van der Waals surface area contributed by atoms with Gasteiger partial charge in [-0.25, -0.2) is 4.98 Å². The summed E-state index contributed by atoms with van der Waals surface area (Å²) in [6, 6.07) is 18.1. The zero-order valence-corrected chi connectivity index (χ0v) is 20.6. The lowest BCUT2D eigenvalue weighted by Crippen LogP contribution is -2.37. The molecule has 0 saturated carbocycles. The van der Waals surface area contributed by atoms with Gasteiger partial charge in [-0.15, -0.1) is 0 Å². The van der Waals surface area contributed by atoms with Crippen LogP contribution in [0.5, 0.6) is 0 Å². The number of aromatic nitrogens is 2. The van der Waals surface area contributed by atoms with Crippen LogP contribution in [0.3, 0.4) is 0 Å². The number of benzene rings is 2. The number of hydrogen-bond acceptors (Lipinski definition) is 6. The number of anilines is 1. The van der Waals surface area contributed by atoms with E-state index in [0.717, 1.165) is 43.7 Å². The van der Waals surface area contributed by atoms with Crippen LogP contribution in [-0.4, -0.2) is 46.8 Å². The third-order valence-corrected chi connectivity index (χ3v) is 6.82. The molecule has 1 atom stereocenters. The Bertz CT molecular complexity index is 1310. The number of rotatable bonds is 6. The Hall–Kier alpha value is -3.51. The molecule has 1 aliphatic heterocycles. The molecule has 4 aromatic rings. The van der Waals surface area contributed by atoms with Crippen molar-refractivity contribution in [3.63, 3.8) is 0 Å². The zero-order chi connectivity index (χ0) is 24.4. The van der Waals surface area contributed by atoms with Gasteiger partial charge in [-0.1, -0.05) is 38.1 Å². The minimum atomic E-state index is -0.409. The second kappa shape index (κ2) is 10.0. The van der Waals surface area contributed by atoms with Crippen LogP contribution in [0.2, 0.25) is 0 Å². The van der Waals surface area contributed by atoms with Crippen molar-refractivity contribution in [3.05, 3.63) is 78.3 Å². The Labute approximate surface area is 206 Å². The van der Waals surface area contributed by atoms with Gasteiger partial charge in [0.15, 0.2) is 5.78 Å². The van der Waals surface area contributed by atoms with E-state index < -0.39 is 6.04 Å².